The average Bonchev–Trinajstić information content (AvgIpc) is 2.58. The third-order valence-corrected chi connectivity index (χ3v) is 4.63. The van der Waals surface area contributed by atoms with Gasteiger partial charge in [-0.3, -0.25) is 0 Å². The molecule has 0 radical (unpaired) electrons. The molecule has 0 saturated carbocycles. The molecule has 1 rings (SSSR count). The molecule has 23 heavy (non-hydrogen) atoms. The maximum atomic E-state index is 10.0. The van der Waals surface area contributed by atoms with Crippen molar-refractivity contribution in [3.8, 4) is 0 Å². The summed E-state index contributed by atoms with van der Waals surface area (Å²) in [5.41, 5.74) is 0. The number of rotatable bonds is 14. The summed E-state index contributed by atoms with van der Waals surface area (Å²) in [5, 5.41) is 20.0. The topological polar surface area (TPSA) is 58.9 Å². The molecule has 1 aliphatic heterocycles. The van der Waals surface area contributed by atoms with Crippen LogP contribution in [0.2, 0.25) is 0 Å². The molecular weight excluding hydrogens is 292 g/mol. The Morgan fingerprint density at radius 2 is 1.30 bits per heavy atom. The van der Waals surface area contributed by atoms with Crippen LogP contribution in [0.5, 0.6) is 0 Å². The van der Waals surface area contributed by atoms with E-state index in [2.05, 4.69) is 6.92 Å². The Balaban J connectivity index is 1.91. The third-order valence-electron chi connectivity index (χ3n) is 4.63. The van der Waals surface area contributed by atoms with E-state index in [0.717, 1.165) is 38.9 Å². The lowest BCUT2D eigenvalue weighted by Gasteiger charge is -2.24. The first kappa shape index (κ1) is 20.9. The molecule has 0 aromatic heterocycles. The number of ether oxygens (including phenoxy) is 2. The zero-order valence-corrected chi connectivity index (χ0v) is 15.0. The highest BCUT2D eigenvalue weighted by molar-refractivity contribution is 4.68. The lowest BCUT2D eigenvalue weighted by atomic mass is 10.0. The maximum absolute atomic E-state index is 10.0. The van der Waals surface area contributed by atoms with Gasteiger partial charge in [-0.15, -0.1) is 0 Å². The van der Waals surface area contributed by atoms with Crippen molar-refractivity contribution in [1.82, 2.24) is 0 Å². The molecular formula is C19H38O4. The largest absolute Gasteiger partial charge is 0.390 e. The van der Waals surface area contributed by atoms with Crippen LogP contribution in [0.3, 0.4) is 0 Å². The second-order valence-corrected chi connectivity index (χ2v) is 6.85. The highest BCUT2D eigenvalue weighted by Crippen LogP contribution is 2.16. The normalized spacial score (nSPS) is 18.9. The van der Waals surface area contributed by atoms with Crippen LogP contribution in [-0.4, -0.2) is 41.9 Å². The van der Waals surface area contributed by atoms with Crippen LogP contribution in [0.25, 0.3) is 0 Å². The predicted molar refractivity (Wildman–Crippen MR) is 93.4 cm³/mol. The molecule has 1 saturated heterocycles. The van der Waals surface area contributed by atoms with Gasteiger partial charge in [-0.05, 0) is 32.1 Å². The minimum absolute atomic E-state index is 0.110. The zero-order chi connectivity index (χ0) is 16.8. The number of hydrogen-bond acceptors (Lipinski definition) is 4. The first-order valence-corrected chi connectivity index (χ1v) is 9.83. The van der Waals surface area contributed by atoms with Crippen molar-refractivity contribution < 1.29 is 19.7 Å². The van der Waals surface area contributed by atoms with Crippen molar-refractivity contribution >= 4 is 0 Å². The van der Waals surface area contributed by atoms with Crippen LogP contribution in [0.4, 0.5) is 0 Å². The fourth-order valence-electron chi connectivity index (χ4n) is 3.07. The Labute approximate surface area is 142 Å². The minimum Gasteiger partial charge on any atom is -0.390 e. The van der Waals surface area contributed by atoms with E-state index in [9.17, 15) is 10.2 Å². The predicted octanol–water partition coefficient (Wildman–Crippen LogP) is 4.17. The number of aliphatic hydroxyl groups is 2. The molecule has 138 valence electrons. The van der Waals surface area contributed by atoms with E-state index in [1.54, 1.807) is 0 Å². The summed E-state index contributed by atoms with van der Waals surface area (Å²) in [4.78, 5) is 0. The van der Waals surface area contributed by atoms with E-state index < -0.39 is 12.2 Å². The summed E-state index contributed by atoms with van der Waals surface area (Å²) in [5.74, 6) is 0. The molecule has 4 heteroatoms. The maximum Gasteiger partial charge on any atom is 0.157 e. The number of hydrogen-bond donors (Lipinski definition) is 2. The Bertz CT molecular complexity index is 254. The van der Waals surface area contributed by atoms with Gasteiger partial charge in [0, 0.05) is 0 Å². The van der Waals surface area contributed by atoms with Crippen LogP contribution in [0, 0.1) is 0 Å². The smallest absolute Gasteiger partial charge is 0.157 e. The summed E-state index contributed by atoms with van der Waals surface area (Å²) in [6.07, 6.45) is 12.7. The Hall–Kier alpha value is -0.160. The van der Waals surface area contributed by atoms with Gasteiger partial charge in [-0.2, -0.15) is 0 Å². The van der Waals surface area contributed by atoms with Crippen molar-refractivity contribution in [1.29, 1.82) is 0 Å². The molecule has 0 bridgehead atoms. The molecule has 0 aliphatic carbocycles. The van der Waals surface area contributed by atoms with Gasteiger partial charge in [-0.1, -0.05) is 58.3 Å². The van der Waals surface area contributed by atoms with Gasteiger partial charge in [-0.25, -0.2) is 0 Å². The molecule has 0 aromatic carbocycles. The SMILES string of the molecule is CCCCCCCCCC[C@H](O)[C@H](O)CCCC1OCCCO1. The monoisotopic (exact) mass is 330 g/mol. The Morgan fingerprint density at radius 1 is 0.783 bits per heavy atom. The Kier molecular flexibility index (Phi) is 12.9. The van der Waals surface area contributed by atoms with Crippen molar-refractivity contribution in [2.45, 2.75) is 109 Å². The van der Waals surface area contributed by atoms with E-state index in [0.29, 0.717) is 12.8 Å². The molecule has 4 nitrogen and oxygen atoms in total. The summed E-state index contributed by atoms with van der Waals surface area (Å²) in [6.45, 7) is 3.78. The first-order valence-electron chi connectivity index (χ1n) is 9.83. The number of unbranched alkanes of at least 4 members (excludes halogenated alkanes) is 7. The van der Waals surface area contributed by atoms with E-state index >= 15 is 0 Å². The highest BCUT2D eigenvalue weighted by atomic mass is 16.7. The van der Waals surface area contributed by atoms with Gasteiger partial charge in [0.25, 0.3) is 0 Å². The molecule has 0 spiro atoms. The first-order chi connectivity index (χ1) is 11.2. The van der Waals surface area contributed by atoms with Gasteiger partial charge in [0.05, 0.1) is 25.4 Å². The molecule has 1 fully saturated rings. The fraction of sp³-hybridized carbons (Fsp3) is 1.00. The van der Waals surface area contributed by atoms with Crippen LogP contribution >= 0.6 is 0 Å². The summed E-state index contributed by atoms with van der Waals surface area (Å²) >= 11 is 0. The molecule has 2 atom stereocenters. The molecule has 2 N–H and O–H groups in total. The Morgan fingerprint density at radius 3 is 1.91 bits per heavy atom. The quantitative estimate of drug-likeness (QED) is 0.469. The van der Waals surface area contributed by atoms with E-state index in [4.69, 9.17) is 9.47 Å². The third kappa shape index (κ3) is 11.1. The highest BCUT2D eigenvalue weighted by Gasteiger charge is 2.18. The van der Waals surface area contributed by atoms with Gasteiger partial charge in [0.2, 0.25) is 0 Å². The van der Waals surface area contributed by atoms with Crippen molar-refractivity contribution in [3.05, 3.63) is 0 Å². The molecule has 0 amide bonds. The molecule has 1 heterocycles. The summed E-state index contributed by atoms with van der Waals surface area (Å²) in [6, 6.07) is 0. The second kappa shape index (κ2) is 14.2. The fourth-order valence-corrected chi connectivity index (χ4v) is 3.07. The van der Waals surface area contributed by atoms with E-state index in [1.165, 1.54) is 44.9 Å². The van der Waals surface area contributed by atoms with Crippen LogP contribution in [-0.2, 0) is 9.47 Å². The van der Waals surface area contributed by atoms with Crippen LogP contribution in [0.1, 0.15) is 90.4 Å². The molecule has 0 aromatic rings. The molecule has 1 aliphatic rings. The minimum atomic E-state index is -0.608. The summed E-state index contributed by atoms with van der Waals surface area (Å²) < 4.78 is 11.0. The summed E-state index contributed by atoms with van der Waals surface area (Å²) in [7, 11) is 0. The van der Waals surface area contributed by atoms with Gasteiger partial charge < -0.3 is 19.7 Å². The lowest BCUT2D eigenvalue weighted by molar-refractivity contribution is -0.182. The second-order valence-electron chi connectivity index (χ2n) is 6.85. The van der Waals surface area contributed by atoms with Crippen LogP contribution in [0.15, 0.2) is 0 Å². The van der Waals surface area contributed by atoms with E-state index in [1.807, 2.05) is 0 Å². The standard InChI is InChI=1S/C19H38O4/c1-2-3-4-5-6-7-8-9-12-17(20)18(21)13-10-14-19-22-15-11-16-23-19/h17-21H,2-16H2,1H3/t17-,18+/m0/s1. The molecule has 0 unspecified atom stereocenters. The van der Waals surface area contributed by atoms with Gasteiger partial charge in [0.1, 0.15) is 0 Å². The van der Waals surface area contributed by atoms with Gasteiger partial charge >= 0.3 is 0 Å². The number of aliphatic hydroxyl groups excluding tert-OH is 2. The van der Waals surface area contributed by atoms with Crippen molar-refractivity contribution in [2.24, 2.45) is 0 Å². The average molecular weight is 331 g/mol. The van der Waals surface area contributed by atoms with Crippen LogP contribution < -0.4 is 0 Å². The van der Waals surface area contributed by atoms with Gasteiger partial charge in [0.15, 0.2) is 6.29 Å². The lowest BCUT2D eigenvalue weighted by Crippen LogP contribution is -2.28. The zero-order valence-electron chi connectivity index (χ0n) is 15.0. The van der Waals surface area contributed by atoms with Crippen molar-refractivity contribution in [3.63, 3.8) is 0 Å². The van der Waals surface area contributed by atoms with Crippen molar-refractivity contribution in [2.75, 3.05) is 13.2 Å². The van der Waals surface area contributed by atoms with E-state index in [-0.39, 0.29) is 6.29 Å².